The number of nitrogens with zero attached hydrogens (tertiary/aromatic N) is 2. The quantitative estimate of drug-likeness (QED) is 0.603. The van der Waals surface area contributed by atoms with E-state index in [2.05, 4.69) is 4.98 Å². The number of amides is 1. The van der Waals surface area contributed by atoms with Crippen LogP contribution in [0.5, 0.6) is 0 Å². The van der Waals surface area contributed by atoms with Crippen LogP contribution in [-0.4, -0.2) is 45.0 Å². The predicted molar refractivity (Wildman–Crippen MR) is 69.4 cm³/mol. The first-order chi connectivity index (χ1) is 9.40. The van der Waals surface area contributed by atoms with Gasteiger partial charge in [-0.2, -0.15) is 0 Å². The average Bonchev–Trinajstić information content (AvgIpc) is 2.88. The monoisotopic (exact) mass is 281 g/mol. The minimum atomic E-state index is -0.671. The van der Waals surface area contributed by atoms with Gasteiger partial charge in [-0.05, 0) is 13.3 Å². The molecule has 1 fully saturated rings. The minimum absolute atomic E-state index is 0.0308. The Bertz CT molecular complexity index is 595. The maximum Gasteiger partial charge on any atom is 0.286 e. The van der Waals surface area contributed by atoms with Crippen LogP contribution in [0.15, 0.2) is 17.1 Å². The number of nitrogens with one attached hydrogen (secondary N) is 1. The molecule has 1 aromatic heterocycles. The van der Waals surface area contributed by atoms with E-state index in [4.69, 9.17) is 0 Å². The van der Waals surface area contributed by atoms with Crippen molar-refractivity contribution in [1.82, 2.24) is 9.88 Å². The molecule has 8 heteroatoms. The van der Waals surface area contributed by atoms with Gasteiger partial charge in [0.1, 0.15) is 5.56 Å². The number of H-pyrrole nitrogens is 1. The van der Waals surface area contributed by atoms with Crippen molar-refractivity contribution in [3.8, 4) is 0 Å². The van der Waals surface area contributed by atoms with Gasteiger partial charge < -0.3 is 15.0 Å². The highest BCUT2D eigenvalue weighted by Crippen LogP contribution is 2.21. The fourth-order valence-electron chi connectivity index (χ4n) is 2.27. The molecule has 2 atom stereocenters. The van der Waals surface area contributed by atoms with Crippen LogP contribution in [0.1, 0.15) is 23.7 Å². The number of likely N-dealkylation sites (tertiary alicyclic amines) is 1. The van der Waals surface area contributed by atoms with E-state index in [-0.39, 0.29) is 17.2 Å². The van der Waals surface area contributed by atoms with Gasteiger partial charge in [-0.15, -0.1) is 0 Å². The van der Waals surface area contributed by atoms with Crippen molar-refractivity contribution in [2.24, 2.45) is 5.92 Å². The third-order valence-corrected chi connectivity index (χ3v) is 3.52. The summed E-state index contributed by atoms with van der Waals surface area (Å²) in [6, 6.07) is 0.983. The summed E-state index contributed by atoms with van der Waals surface area (Å²) in [5.41, 5.74) is -1.23. The average molecular weight is 281 g/mol. The second kappa shape index (κ2) is 5.41. The molecule has 0 saturated carbocycles. The molecule has 2 rings (SSSR count). The molecule has 1 aliphatic heterocycles. The Morgan fingerprint density at radius 3 is 2.90 bits per heavy atom. The van der Waals surface area contributed by atoms with Crippen molar-refractivity contribution in [2.75, 3.05) is 13.1 Å². The van der Waals surface area contributed by atoms with Crippen molar-refractivity contribution in [3.63, 3.8) is 0 Å². The maximum atomic E-state index is 12.2. The zero-order valence-electron chi connectivity index (χ0n) is 10.9. The van der Waals surface area contributed by atoms with Crippen molar-refractivity contribution >= 4 is 11.6 Å². The lowest BCUT2D eigenvalue weighted by Gasteiger charge is -2.17. The van der Waals surface area contributed by atoms with Gasteiger partial charge in [-0.25, -0.2) is 0 Å². The molecule has 1 aliphatic rings. The molecule has 0 spiro atoms. The highest BCUT2D eigenvalue weighted by Gasteiger charge is 2.31. The molecule has 1 aromatic rings. The van der Waals surface area contributed by atoms with E-state index in [1.54, 1.807) is 6.92 Å². The van der Waals surface area contributed by atoms with Gasteiger partial charge in [0.25, 0.3) is 17.2 Å². The van der Waals surface area contributed by atoms with Crippen LogP contribution in [0.4, 0.5) is 5.69 Å². The Kier molecular flexibility index (Phi) is 3.84. The Balaban J connectivity index is 2.24. The number of aromatic nitrogens is 1. The maximum absolute atomic E-state index is 12.2. The molecule has 0 aromatic carbocycles. The Morgan fingerprint density at radius 2 is 2.35 bits per heavy atom. The van der Waals surface area contributed by atoms with Crippen LogP contribution >= 0.6 is 0 Å². The highest BCUT2D eigenvalue weighted by atomic mass is 16.6. The number of pyridine rings is 1. The van der Waals surface area contributed by atoms with Gasteiger partial charge in [-0.1, -0.05) is 0 Å². The summed E-state index contributed by atoms with van der Waals surface area (Å²) in [5.74, 6) is -0.574. The van der Waals surface area contributed by atoms with Crippen LogP contribution in [0, 0.1) is 16.0 Å². The normalized spacial score (nSPS) is 19.9. The van der Waals surface area contributed by atoms with Crippen LogP contribution in [-0.2, 0) is 0 Å². The van der Waals surface area contributed by atoms with Crippen LogP contribution in [0.2, 0.25) is 0 Å². The zero-order chi connectivity index (χ0) is 14.9. The van der Waals surface area contributed by atoms with E-state index in [9.17, 15) is 24.8 Å². The lowest BCUT2D eigenvalue weighted by Crippen LogP contribution is -2.34. The molecule has 2 N–H and O–H groups in total. The number of carbonyl (C=O) groups is 1. The lowest BCUT2D eigenvalue weighted by atomic mass is 10.0. The molecule has 1 saturated heterocycles. The van der Waals surface area contributed by atoms with Gasteiger partial charge in [-0.3, -0.25) is 19.7 Å². The fraction of sp³-hybridized carbons (Fsp3) is 0.500. The topological polar surface area (TPSA) is 117 Å². The largest absolute Gasteiger partial charge is 0.393 e. The molecule has 20 heavy (non-hydrogen) atoms. The van der Waals surface area contributed by atoms with Crippen molar-refractivity contribution < 1.29 is 14.8 Å². The molecule has 2 heterocycles. The summed E-state index contributed by atoms with van der Waals surface area (Å²) in [5, 5.41) is 20.2. The smallest absolute Gasteiger partial charge is 0.286 e. The Hall–Kier alpha value is -2.22. The second-order valence-electron chi connectivity index (χ2n) is 4.90. The number of carbonyl (C=O) groups excluding carboxylic acids is 1. The summed E-state index contributed by atoms with van der Waals surface area (Å²) in [4.78, 5) is 37.5. The SMILES string of the molecule is CC(O)C1CCN(C(=O)c2cc([N+](=O)[O-])c[nH]c2=O)C1. The van der Waals surface area contributed by atoms with Gasteiger partial charge in [0, 0.05) is 25.1 Å². The summed E-state index contributed by atoms with van der Waals surface area (Å²) in [7, 11) is 0. The standard InChI is InChI=1S/C12H15N3O5/c1-7(16)8-2-3-14(6-8)12(18)10-4-9(15(19)20)5-13-11(10)17/h4-5,7-8,16H,2-3,6H2,1H3,(H,13,17). The number of rotatable bonds is 3. The summed E-state index contributed by atoms with van der Waals surface area (Å²) >= 11 is 0. The van der Waals surface area contributed by atoms with Crippen LogP contribution in [0.25, 0.3) is 0 Å². The molecular weight excluding hydrogens is 266 g/mol. The van der Waals surface area contributed by atoms with Crippen molar-refractivity contribution in [3.05, 3.63) is 38.3 Å². The van der Waals surface area contributed by atoms with E-state index in [0.717, 1.165) is 12.3 Å². The zero-order valence-corrected chi connectivity index (χ0v) is 10.9. The van der Waals surface area contributed by atoms with E-state index in [0.29, 0.717) is 19.5 Å². The fourth-order valence-corrected chi connectivity index (χ4v) is 2.27. The van der Waals surface area contributed by atoms with Gasteiger partial charge >= 0.3 is 0 Å². The summed E-state index contributed by atoms with van der Waals surface area (Å²) < 4.78 is 0. The van der Waals surface area contributed by atoms with E-state index < -0.39 is 22.5 Å². The molecule has 0 radical (unpaired) electrons. The Morgan fingerprint density at radius 1 is 1.65 bits per heavy atom. The molecule has 0 bridgehead atoms. The first-order valence-corrected chi connectivity index (χ1v) is 6.24. The molecular formula is C12H15N3O5. The van der Waals surface area contributed by atoms with E-state index >= 15 is 0 Å². The Labute approximate surface area is 114 Å². The van der Waals surface area contributed by atoms with Crippen molar-refractivity contribution in [2.45, 2.75) is 19.4 Å². The molecule has 2 unspecified atom stereocenters. The van der Waals surface area contributed by atoms with Crippen molar-refractivity contribution in [1.29, 1.82) is 0 Å². The first kappa shape index (κ1) is 14.2. The number of aliphatic hydroxyl groups is 1. The molecule has 108 valence electrons. The number of aliphatic hydroxyl groups excluding tert-OH is 1. The molecule has 0 aliphatic carbocycles. The summed E-state index contributed by atoms with van der Waals surface area (Å²) in [6.45, 7) is 2.42. The third-order valence-electron chi connectivity index (χ3n) is 3.52. The van der Waals surface area contributed by atoms with Gasteiger partial charge in [0.15, 0.2) is 0 Å². The third kappa shape index (κ3) is 2.69. The first-order valence-electron chi connectivity index (χ1n) is 6.24. The number of nitro groups is 1. The number of aromatic amines is 1. The van der Waals surface area contributed by atoms with Gasteiger partial charge in [0.05, 0.1) is 17.2 Å². The van der Waals surface area contributed by atoms with E-state index in [1.165, 1.54) is 4.90 Å². The molecule has 8 nitrogen and oxygen atoms in total. The van der Waals surface area contributed by atoms with Crippen LogP contribution in [0.3, 0.4) is 0 Å². The summed E-state index contributed by atoms with van der Waals surface area (Å²) in [6.07, 6.45) is 1.08. The second-order valence-corrected chi connectivity index (χ2v) is 4.90. The van der Waals surface area contributed by atoms with Gasteiger partial charge in [0.2, 0.25) is 0 Å². The number of hydrogen-bond donors (Lipinski definition) is 2. The van der Waals surface area contributed by atoms with Crippen LogP contribution < -0.4 is 5.56 Å². The molecule has 1 amide bonds. The predicted octanol–water partition coefficient (Wildman–Crippen LogP) is 0.126. The lowest BCUT2D eigenvalue weighted by molar-refractivity contribution is -0.385. The highest BCUT2D eigenvalue weighted by molar-refractivity contribution is 5.94. The number of hydrogen-bond acceptors (Lipinski definition) is 5. The van der Waals surface area contributed by atoms with E-state index in [1.807, 2.05) is 0 Å². The minimum Gasteiger partial charge on any atom is -0.393 e.